The van der Waals surface area contributed by atoms with E-state index in [4.69, 9.17) is 5.11 Å². The van der Waals surface area contributed by atoms with Crippen molar-refractivity contribution in [1.29, 1.82) is 0 Å². The average Bonchev–Trinajstić information content (AvgIpc) is 2.33. The molecule has 0 saturated carbocycles. The van der Waals surface area contributed by atoms with Crippen molar-refractivity contribution in [2.45, 2.75) is 0 Å². The molecule has 0 atom stereocenters. The molecule has 0 aliphatic carbocycles. The lowest BCUT2D eigenvalue weighted by Crippen LogP contribution is -1.97. The van der Waals surface area contributed by atoms with Gasteiger partial charge in [-0.05, 0) is 24.3 Å². The van der Waals surface area contributed by atoms with Crippen molar-refractivity contribution < 1.29 is 9.90 Å². The van der Waals surface area contributed by atoms with Gasteiger partial charge in [-0.25, -0.2) is 9.78 Å². The Balaban J connectivity index is 0.000000162. The first-order valence-corrected chi connectivity index (χ1v) is 4.30. The van der Waals surface area contributed by atoms with E-state index in [1.165, 1.54) is 12.3 Å². The zero-order valence-corrected chi connectivity index (χ0v) is 7.95. The molecule has 4 heteroatoms. The Hall–Kier alpha value is -2.23. The van der Waals surface area contributed by atoms with Gasteiger partial charge in [0.2, 0.25) is 0 Å². The lowest BCUT2D eigenvalue weighted by atomic mass is 10.4. The molecule has 2 rings (SSSR count). The highest BCUT2D eigenvalue weighted by atomic mass is 16.4. The van der Waals surface area contributed by atoms with E-state index in [1.54, 1.807) is 24.5 Å². The van der Waals surface area contributed by atoms with E-state index in [1.807, 2.05) is 18.2 Å². The fourth-order valence-corrected chi connectivity index (χ4v) is 0.802. The van der Waals surface area contributed by atoms with E-state index in [2.05, 4.69) is 9.97 Å². The van der Waals surface area contributed by atoms with Gasteiger partial charge in [0.25, 0.3) is 0 Å². The summed E-state index contributed by atoms with van der Waals surface area (Å²) in [5.74, 6) is -0.990. The molecule has 15 heavy (non-hydrogen) atoms. The first-order valence-electron chi connectivity index (χ1n) is 4.30. The maximum absolute atomic E-state index is 10.1. The van der Waals surface area contributed by atoms with Crippen LogP contribution in [0.3, 0.4) is 0 Å². The number of hydrogen-bond acceptors (Lipinski definition) is 3. The number of carbonyl (C=O) groups is 1. The standard InChI is InChI=1S/C6H5NO2.C5H5N/c8-6(9)5-3-1-2-4-7-5;1-2-4-6-5-3-1/h1-4H,(H,8,9);1-5H. The van der Waals surface area contributed by atoms with Crippen LogP contribution < -0.4 is 0 Å². The number of nitrogens with zero attached hydrogens (tertiary/aromatic N) is 2. The van der Waals surface area contributed by atoms with Gasteiger partial charge in [0.1, 0.15) is 5.69 Å². The zero-order valence-electron chi connectivity index (χ0n) is 7.95. The van der Waals surface area contributed by atoms with Crippen molar-refractivity contribution in [1.82, 2.24) is 9.97 Å². The molecule has 4 nitrogen and oxygen atoms in total. The summed E-state index contributed by atoms with van der Waals surface area (Å²) < 4.78 is 0. The summed E-state index contributed by atoms with van der Waals surface area (Å²) in [4.78, 5) is 17.5. The fourth-order valence-electron chi connectivity index (χ4n) is 0.802. The van der Waals surface area contributed by atoms with Gasteiger partial charge >= 0.3 is 5.97 Å². The summed E-state index contributed by atoms with van der Waals surface area (Å²) in [7, 11) is 0. The third kappa shape index (κ3) is 4.52. The van der Waals surface area contributed by atoms with Crippen molar-refractivity contribution in [3.63, 3.8) is 0 Å². The fraction of sp³-hybridized carbons (Fsp3) is 0. The van der Waals surface area contributed by atoms with Crippen LogP contribution in [-0.4, -0.2) is 21.0 Å². The number of hydrogen-bond donors (Lipinski definition) is 1. The van der Waals surface area contributed by atoms with E-state index in [0.717, 1.165) is 0 Å². The van der Waals surface area contributed by atoms with Crippen molar-refractivity contribution >= 4 is 5.97 Å². The molecule has 0 aromatic carbocycles. The predicted octanol–water partition coefficient (Wildman–Crippen LogP) is 1.86. The summed E-state index contributed by atoms with van der Waals surface area (Å²) in [6.07, 6.45) is 4.95. The quantitative estimate of drug-likeness (QED) is 0.766. The summed E-state index contributed by atoms with van der Waals surface area (Å²) in [5, 5.41) is 8.32. The Kier molecular flexibility index (Phi) is 4.53. The minimum absolute atomic E-state index is 0.0810. The molecule has 2 heterocycles. The molecule has 0 unspecified atom stereocenters. The number of rotatable bonds is 1. The van der Waals surface area contributed by atoms with Gasteiger partial charge in [0.05, 0.1) is 0 Å². The van der Waals surface area contributed by atoms with E-state index < -0.39 is 5.97 Å². The van der Waals surface area contributed by atoms with Crippen LogP contribution >= 0.6 is 0 Å². The molecular weight excluding hydrogens is 192 g/mol. The molecule has 1 N–H and O–H groups in total. The van der Waals surface area contributed by atoms with Gasteiger partial charge in [-0.1, -0.05) is 12.1 Å². The highest BCUT2D eigenvalue weighted by Gasteiger charge is 1.98. The van der Waals surface area contributed by atoms with Gasteiger partial charge in [0, 0.05) is 18.6 Å². The first-order chi connectivity index (χ1) is 7.30. The second-order valence-electron chi connectivity index (χ2n) is 2.54. The Bertz CT molecular complexity index is 363. The van der Waals surface area contributed by atoms with Crippen LogP contribution in [-0.2, 0) is 0 Å². The van der Waals surface area contributed by atoms with Gasteiger partial charge < -0.3 is 5.11 Å². The Morgan fingerprint density at radius 1 is 1.00 bits per heavy atom. The maximum atomic E-state index is 10.1. The van der Waals surface area contributed by atoms with Crippen molar-refractivity contribution in [3.8, 4) is 0 Å². The lowest BCUT2D eigenvalue weighted by molar-refractivity contribution is 0.0690. The van der Waals surface area contributed by atoms with Crippen LogP contribution in [0.15, 0.2) is 55.0 Å². The number of aromatic carboxylic acids is 1. The van der Waals surface area contributed by atoms with E-state index in [9.17, 15) is 4.79 Å². The lowest BCUT2D eigenvalue weighted by Gasteiger charge is -1.87. The van der Waals surface area contributed by atoms with E-state index in [-0.39, 0.29) is 5.69 Å². The Labute approximate surface area is 87.3 Å². The van der Waals surface area contributed by atoms with Crippen molar-refractivity contribution in [3.05, 3.63) is 60.7 Å². The molecule has 0 radical (unpaired) electrons. The molecule has 76 valence electrons. The first kappa shape index (κ1) is 10.8. The van der Waals surface area contributed by atoms with Gasteiger partial charge in [-0.3, -0.25) is 4.98 Å². The Morgan fingerprint density at radius 3 is 1.93 bits per heavy atom. The maximum Gasteiger partial charge on any atom is 0.354 e. The second-order valence-corrected chi connectivity index (χ2v) is 2.54. The summed E-state index contributed by atoms with van der Waals surface area (Å²) in [5.41, 5.74) is 0.0810. The topological polar surface area (TPSA) is 63.1 Å². The summed E-state index contributed by atoms with van der Waals surface area (Å²) in [6, 6.07) is 10.5. The number of pyridine rings is 2. The average molecular weight is 202 g/mol. The molecule has 0 amide bonds. The van der Waals surface area contributed by atoms with Crippen LogP contribution in [0.2, 0.25) is 0 Å². The van der Waals surface area contributed by atoms with Crippen molar-refractivity contribution in [2.75, 3.05) is 0 Å². The van der Waals surface area contributed by atoms with Crippen LogP contribution in [0.25, 0.3) is 0 Å². The third-order valence-electron chi connectivity index (χ3n) is 1.45. The SMILES string of the molecule is O=C(O)c1ccccn1.c1ccncc1. The number of carboxylic acids is 1. The monoisotopic (exact) mass is 202 g/mol. The molecule has 0 spiro atoms. The predicted molar refractivity (Wildman–Crippen MR) is 55.4 cm³/mol. The van der Waals surface area contributed by atoms with Crippen LogP contribution in [0.5, 0.6) is 0 Å². The molecule has 0 aliphatic heterocycles. The minimum atomic E-state index is -0.990. The third-order valence-corrected chi connectivity index (χ3v) is 1.45. The van der Waals surface area contributed by atoms with Gasteiger partial charge in [-0.15, -0.1) is 0 Å². The Morgan fingerprint density at radius 2 is 1.67 bits per heavy atom. The molecule has 0 bridgehead atoms. The number of aromatic nitrogens is 2. The molecule has 0 fully saturated rings. The van der Waals surface area contributed by atoms with E-state index in [0.29, 0.717) is 0 Å². The molecule has 0 aliphatic rings. The van der Waals surface area contributed by atoms with Gasteiger partial charge in [-0.2, -0.15) is 0 Å². The normalized spacial score (nSPS) is 8.53. The second kappa shape index (κ2) is 6.26. The van der Waals surface area contributed by atoms with Crippen LogP contribution in [0, 0.1) is 0 Å². The van der Waals surface area contributed by atoms with Crippen LogP contribution in [0.1, 0.15) is 10.5 Å². The largest absolute Gasteiger partial charge is 0.477 e. The van der Waals surface area contributed by atoms with Crippen molar-refractivity contribution in [2.24, 2.45) is 0 Å². The summed E-state index contributed by atoms with van der Waals surface area (Å²) >= 11 is 0. The molecule has 0 saturated heterocycles. The molecular formula is C11H10N2O2. The zero-order chi connectivity index (χ0) is 10.9. The number of carboxylic acid groups (broad SMARTS) is 1. The van der Waals surface area contributed by atoms with Crippen LogP contribution in [0.4, 0.5) is 0 Å². The van der Waals surface area contributed by atoms with Gasteiger partial charge in [0.15, 0.2) is 0 Å². The molecule has 2 aromatic heterocycles. The summed E-state index contributed by atoms with van der Waals surface area (Å²) in [6.45, 7) is 0. The molecule has 2 aromatic rings. The minimum Gasteiger partial charge on any atom is -0.477 e. The van der Waals surface area contributed by atoms with E-state index >= 15 is 0 Å². The smallest absolute Gasteiger partial charge is 0.354 e. The highest BCUT2D eigenvalue weighted by molar-refractivity contribution is 5.85. The highest BCUT2D eigenvalue weighted by Crippen LogP contribution is 1.90.